The summed E-state index contributed by atoms with van der Waals surface area (Å²) in [7, 11) is 1.91. The summed E-state index contributed by atoms with van der Waals surface area (Å²) in [5, 5.41) is 3.28. The van der Waals surface area contributed by atoms with E-state index in [0.29, 0.717) is 37.8 Å². The number of halogens is 1. The SMILES string of the molecule is CC(C)c1ccc(CN(C)C(=O)[C@H]2CCCN(c3cccc(OC(C)(C)C(=O)N4CCNCC4)c3)C2)cc1.Cl. The Morgan fingerprint density at radius 3 is 2.44 bits per heavy atom. The largest absolute Gasteiger partial charge is 0.478 e. The highest BCUT2D eigenvalue weighted by molar-refractivity contribution is 5.85. The third kappa shape index (κ3) is 7.89. The quantitative estimate of drug-likeness (QED) is 0.511. The van der Waals surface area contributed by atoms with E-state index < -0.39 is 5.60 Å². The Hall–Kier alpha value is -2.77. The first-order valence-corrected chi connectivity index (χ1v) is 14.0. The fourth-order valence-electron chi connectivity index (χ4n) is 5.42. The van der Waals surface area contributed by atoms with Crippen molar-refractivity contribution in [3.05, 3.63) is 59.7 Å². The Morgan fingerprint density at radius 1 is 1.08 bits per heavy atom. The lowest BCUT2D eigenvalue weighted by molar-refractivity contribution is -0.146. The molecule has 7 nitrogen and oxygen atoms in total. The summed E-state index contributed by atoms with van der Waals surface area (Å²) in [4.78, 5) is 32.5. The molecule has 2 fully saturated rings. The highest BCUT2D eigenvalue weighted by Gasteiger charge is 2.35. The van der Waals surface area contributed by atoms with Gasteiger partial charge in [0.15, 0.2) is 5.60 Å². The van der Waals surface area contributed by atoms with Crippen molar-refractivity contribution in [1.29, 1.82) is 0 Å². The Balaban J connectivity index is 0.00000420. The van der Waals surface area contributed by atoms with E-state index in [1.54, 1.807) is 0 Å². The molecule has 2 aromatic rings. The number of ether oxygens (including phenoxy) is 1. The maximum absolute atomic E-state index is 13.4. The van der Waals surface area contributed by atoms with E-state index in [-0.39, 0.29) is 30.1 Å². The molecule has 0 bridgehead atoms. The standard InChI is InChI=1S/C31H44N4O3.ClH/c1-23(2)25-13-11-24(12-14-25)21-33(5)29(36)26-8-7-17-35(22-26)27-9-6-10-28(20-27)38-31(3,4)30(37)34-18-15-32-16-19-34;/h6,9-14,20,23,26,32H,7-8,15-19,21-22H2,1-5H3;1H/t26-;/m0./s1. The molecule has 2 heterocycles. The predicted molar refractivity (Wildman–Crippen MR) is 160 cm³/mol. The van der Waals surface area contributed by atoms with E-state index in [1.165, 1.54) is 5.56 Å². The van der Waals surface area contributed by atoms with E-state index in [9.17, 15) is 9.59 Å². The summed E-state index contributed by atoms with van der Waals surface area (Å²) >= 11 is 0. The van der Waals surface area contributed by atoms with E-state index in [1.807, 2.05) is 48.9 Å². The molecule has 2 amide bonds. The van der Waals surface area contributed by atoms with Crippen LogP contribution < -0.4 is 15.0 Å². The first-order valence-electron chi connectivity index (χ1n) is 14.0. The predicted octanol–water partition coefficient (Wildman–Crippen LogP) is 4.70. The monoisotopic (exact) mass is 556 g/mol. The topological polar surface area (TPSA) is 65.1 Å². The zero-order valence-corrected chi connectivity index (χ0v) is 24.9. The van der Waals surface area contributed by atoms with Gasteiger partial charge in [-0.3, -0.25) is 9.59 Å². The summed E-state index contributed by atoms with van der Waals surface area (Å²) in [5.41, 5.74) is 2.54. The molecule has 0 saturated carbocycles. The van der Waals surface area contributed by atoms with Gasteiger partial charge in [0, 0.05) is 64.6 Å². The lowest BCUT2D eigenvalue weighted by Crippen LogP contribution is -2.54. The molecule has 2 aliphatic heterocycles. The molecule has 2 aliphatic rings. The minimum Gasteiger partial charge on any atom is -0.478 e. The van der Waals surface area contributed by atoms with Gasteiger partial charge in [-0.1, -0.05) is 44.2 Å². The first kappa shape index (κ1) is 30.8. The van der Waals surface area contributed by atoms with Crippen LogP contribution in [0.25, 0.3) is 0 Å². The van der Waals surface area contributed by atoms with E-state index in [2.05, 4.69) is 54.4 Å². The molecule has 1 atom stereocenters. The van der Waals surface area contributed by atoms with Crippen LogP contribution in [0.2, 0.25) is 0 Å². The van der Waals surface area contributed by atoms with Gasteiger partial charge in [0.1, 0.15) is 5.75 Å². The van der Waals surface area contributed by atoms with Crippen LogP contribution in [0.3, 0.4) is 0 Å². The summed E-state index contributed by atoms with van der Waals surface area (Å²) in [6, 6.07) is 16.5. The molecule has 0 radical (unpaired) electrons. The van der Waals surface area contributed by atoms with E-state index in [0.717, 1.165) is 43.7 Å². The number of anilines is 1. The smallest absolute Gasteiger partial charge is 0.266 e. The van der Waals surface area contributed by atoms with Gasteiger partial charge in [0.05, 0.1) is 5.92 Å². The number of benzene rings is 2. The number of carbonyl (C=O) groups is 2. The van der Waals surface area contributed by atoms with Gasteiger partial charge in [0.2, 0.25) is 5.91 Å². The summed E-state index contributed by atoms with van der Waals surface area (Å²) in [6.45, 7) is 13.3. The second-order valence-corrected chi connectivity index (χ2v) is 11.5. The van der Waals surface area contributed by atoms with Gasteiger partial charge in [-0.05, 0) is 55.9 Å². The van der Waals surface area contributed by atoms with Crippen LogP contribution in [0.5, 0.6) is 5.75 Å². The number of nitrogens with zero attached hydrogens (tertiary/aromatic N) is 3. The molecule has 4 rings (SSSR count). The molecule has 214 valence electrons. The molecule has 2 saturated heterocycles. The highest BCUT2D eigenvalue weighted by Crippen LogP contribution is 2.29. The minimum absolute atomic E-state index is 0. The molecule has 0 spiro atoms. The maximum Gasteiger partial charge on any atom is 0.266 e. The number of rotatable bonds is 8. The van der Waals surface area contributed by atoms with Crippen molar-refractivity contribution in [2.75, 3.05) is 51.2 Å². The lowest BCUT2D eigenvalue weighted by Gasteiger charge is -2.36. The average molecular weight is 557 g/mol. The highest BCUT2D eigenvalue weighted by atomic mass is 35.5. The second kappa shape index (κ2) is 13.5. The molecule has 39 heavy (non-hydrogen) atoms. The molecule has 0 aromatic heterocycles. The van der Waals surface area contributed by atoms with Crippen molar-refractivity contribution in [2.24, 2.45) is 5.92 Å². The van der Waals surface area contributed by atoms with Gasteiger partial charge in [0.25, 0.3) is 5.91 Å². The first-order chi connectivity index (χ1) is 18.1. The molecular weight excluding hydrogens is 512 g/mol. The zero-order chi connectivity index (χ0) is 27.3. The van der Waals surface area contributed by atoms with Gasteiger partial charge < -0.3 is 24.8 Å². The van der Waals surface area contributed by atoms with Crippen LogP contribution in [-0.4, -0.2) is 73.5 Å². The van der Waals surface area contributed by atoms with Gasteiger partial charge in [-0.25, -0.2) is 0 Å². The maximum atomic E-state index is 13.4. The van der Waals surface area contributed by atoms with Crippen molar-refractivity contribution < 1.29 is 14.3 Å². The molecule has 8 heteroatoms. The van der Waals surface area contributed by atoms with Gasteiger partial charge in [-0.15, -0.1) is 12.4 Å². The molecule has 1 N–H and O–H groups in total. The summed E-state index contributed by atoms with van der Waals surface area (Å²) in [6.07, 6.45) is 1.86. The third-order valence-corrected chi connectivity index (χ3v) is 7.69. The van der Waals surface area contributed by atoms with E-state index >= 15 is 0 Å². The number of carbonyl (C=O) groups excluding carboxylic acids is 2. The van der Waals surface area contributed by atoms with Gasteiger partial charge >= 0.3 is 0 Å². The van der Waals surface area contributed by atoms with Crippen molar-refractivity contribution in [1.82, 2.24) is 15.1 Å². The Labute approximate surface area is 240 Å². The van der Waals surface area contributed by atoms with Crippen molar-refractivity contribution in [2.45, 2.75) is 58.6 Å². The number of piperidine rings is 1. The van der Waals surface area contributed by atoms with Crippen LogP contribution in [0.1, 0.15) is 57.6 Å². The summed E-state index contributed by atoms with van der Waals surface area (Å²) < 4.78 is 6.24. The number of piperazine rings is 1. The summed E-state index contributed by atoms with van der Waals surface area (Å²) in [5.74, 6) is 1.33. The van der Waals surface area contributed by atoms with Crippen LogP contribution >= 0.6 is 12.4 Å². The van der Waals surface area contributed by atoms with Crippen LogP contribution in [0.4, 0.5) is 5.69 Å². The Morgan fingerprint density at radius 2 is 1.77 bits per heavy atom. The fraction of sp³-hybridized carbons (Fsp3) is 0.548. The molecular formula is C31H45ClN4O3. The molecule has 2 aromatic carbocycles. The van der Waals surface area contributed by atoms with Crippen molar-refractivity contribution in [3.8, 4) is 5.75 Å². The zero-order valence-electron chi connectivity index (χ0n) is 24.1. The van der Waals surface area contributed by atoms with Crippen LogP contribution in [0, 0.1) is 5.92 Å². The number of nitrogens with one attached hydrogen (secondary N) is 1. The molecule has 0 aliphatic carbocycles. The second-order valence-electron chi connectivity index (χ2n) is 11.5. The Bertz CT molecular complexity index is 1100. The van der Waals surface area contributed by atoms with Crippen molar-refractivity contribution in [3.63, 3.8) is 0 Å². The number of amides is 2. The molecule has 0 unspecified atom stereocenters. The Kier molecular flexibility index (Phi) is 10.7. The minimum atomic E-state index is -0.952. The normalized spacial score (nSPS) is 17.9. The number of hydrogen-bond donors (Lipinski definition) is 1. The van der Waals surface area contributed by atoms with Crippen LogP contribution in [0.15, 0.2) is 48.5 Å². The van der Waals surface area contributed by atoms with Crippen LogP contribution in [-0.2, 0) is 16.1 Å². The third-order valence-electron chi connectivity index (χ3n) is 7.69. The van der Waals surface area contributed by atoms with Crippen molar-refractivity contribution >= 4 is 29.9 Å². The number of hydrogen-bond acceptors (Lipinski definition) is 5. The van der Waals surface area contributed by atoms with Gasteiger partial charge in [-0.2, -0.15) is 0 Å². The lowest BCUT2D eigenvalue weighted by atomic mass is 9.95. The average Bonchev–Trinajstić information content (AvgIpc) is 2.93. The van der Waals surface area contributed by atoms with E-state index in [4.69, 9.17) is 4.74 Å². The fourth-order valence-corrected chi connectivity index (χ4v) is 5.42.